The van der Waals surface area contributed by atoms with E-state index in [0.29, 0.717) is 13.0 Å². The molecule has 0 spiro atoms. The Morgan fingerprint density at radius 2 is 1.83 bits per heavy atom. The van der Waals surface area contributed by atoms with E-state index in [4.69, 9.17) is 23.2 Å². The lowest BCUT2D eigenvalue weighted by Crippen LogP contribution is -2.32. The largest absolute Gasteiger partial charge is 0.507 e. The summed E-state index contributed by atoms with van der Waals surface area (Å²) in [7, 11) is 3.79. The van der Waals surface area contributed by atoms with Crippen molar-refractivity contribution >= 4 is 40.7 Å². The lowest BCUT2D eigenvalue weighted by atomic mass is 9.95. The number of likely N-dealkylation sites (tertiary alicyclic amines) is 1. The van der Waals surface area contributed by atoms with Crippen molar-refractivity contribution in [2.24, 2.45) is 0 Å². The third-order valence-electron chi connectivity index (χ3n) is 4.94. The van der Waals surface area contributed by atoms with Crippen molar-refractivity contribution in [3.63, 3.8) is 0 Å². The fraction of sp³-hybridized carbons (Fsp3) is 0.273. The summed E-state index contributed by atoms with van der Waals surface area (Å²) in [5.41, 5.74) is 0.188. The van der Waals surface area contributed by atoms with Crippen molar-refractivity contribution in [1.82, 2.24) is 9.80 Å². The second-order valence-electron chi connectivity index (χ2n) is 7.30. The number of hydrogen-bond acceptors (Lipinski definition) is 4. The quantitative estimate of drug-likeness (QED) is 0.399. The topological polar surface area (TPSA) is 60.9 Å². The van der Waals surface area contributed by atoms with Crippen molar-refractivity contribution in [3.05, 3.63) is 75.0 Å². The van der Waals surface area contributed by atoms with Crippen LogP contribution in [0.5, 0.6) is 0 Å². The highest BCUT2D eigenvalue weighted by atomic mass is 35.5. The molecular formula is C22H21Cl2FN2O3. The molecule has 2 aromatic rings. The fourth-order valence-corrected chi connectivity index (χ4v) is 3.79. The number of amides is 1. The number of rotatable bonds is 6. The normalized spacial score (nSPS) is 18.5. The first-order valence-corrected chi connectivity index (χ1v) is 10.1. The minimum Gasteiger partial charge on any atom is -0.507 e. The van der Waals surface area contributed by atoms with Crippen molar-refractivity contribution in [1.29, 1.82) is 0 Å². The molecule has 1 amide bonds. The number of aliphatic hydroxyl groups is 1. The molecule has 0 bridgehead atoms. The molecule has 2 aromatic carbocycles. The first kappa shape index (κ1) is 22.3. The number of nitrogens with zero attached hydrogens (tertiary/aromatic N) is 2. The van der Waals surface area contributed by atoms with Gasteiger partial charge in [-0.3, -0.25) is 9.59 Å². The number of carbonyl (C=O) groups is 2. The van der Waals surface area contributed by atoms with Gasteiger partial charge < -0.3 is 14.9 Å². The Labute approximate surface area is 184 Å². The molecule has 158 valence electrons. The van der Waals surface area contributed by atoms with Gasteiger partial charge in [-0.2, -0.15) is 0 Å². The number of aliphatic hydroxyl groups excluding tert-OH is 1. The van der Waals surface area contributed by atoms with Crippen LogP contribution in [0.25, 0.3) is 5.76 Å². The molecule has 3 rings (SSSR count). The predicted molar refractivity (Wildman–Crippen MR) is 115 cm³/mol. The number of benzene rings is 2. The van der Waals surface area contributed by atoms with Gasteiger partial charge in [0.15, 0.2) is 0 Å². The van der Waals surface area contributed by atoms with E-state index in [9.17, 15) is 19.1 Å². The number of ketones is 1. The van der Waals surface area contributed by atoms with E-state index in [-0.39, 0.29) is 33.3 Å². The third kappa shape index (κ3) is 4.36. The minimum absolute atomic E-state index is 0.142. The highest BCUT2D eigenvalue weighted by Crippen LogP contribution is 2.40. The molecule has 5 nitrogen and oxygen atoms in total. The maximum Gasteiger partial charge on any atom is 0.295 e. The molecule has 8 heteroatoms. The third-order valence-corrected chi connectivity index (χ3v) is 5.68. The second kappa shape index (κ2) is 9.16. The number of hydrogen-bond donors (Lipinski definition) is 1. The van der Waals surface area contributed by atoms with Crippen LogP contribution in [-0.4, -0.2) is 53.8 Å². The van der Waals surface area contributed by atoms with E-state index in [2.05, 4.69) is 0 Å². The molecule has 1 aliphatic rings. The van der Waals surface area contributed by atoms with Crippen molar-refractivity contribution < 1.29 is 19.1 Å². The molecule has 0 saturated carbocycles. The summed E-state index contributed by atoms with van der Waals surface area (Å²) in [5, 5.41) is 11.4. The fourth-order valence-electron chi connectivity index (χ4n) is 3.49. The molecule has 1 saturated heterocycles. The SMILES string of the molecule is CN(C)CCCN1C(=O)C(=O)/C(=C(/O)c2ccc(Cl)c(Cl)c2)C1c1ccccc1F. The van der Waals surface area contributed by atoms with Gasteiger partial charge in [0.05, 0.1) is 21.7 Å². The highest BCUT2D eigenvalue weighted by molar-refractivity contribution is 6.46. The molecule has 1 atom stereocenters. The summed E-state index contributed by atoms with van der Waals surface area (Å²) in [6, 6.07) is 9.24. The van der Waals surface area contributed by atoms with Gasteiger partial charge >= 0.3 is 0 Å². The molecule has 1 heterocycles. The van der Waals surface area contributed by atoms with E-state index >= 15 is 0 Å². The van der Waals surface area contributed by atoms with Gasteiger partial charge in [0.25, 0.3) is 11.7 Å². The van der Waals surface area contributed by atoms with Crippen LogP contribution in [0.3, 0.4) is 0 Å². The van der Waals surface area contributed by atoms with Gasteiger partial charge in [-0.15, -0.1) is 0 Å². The summed E-state index contributed by atoms with van der Waals surface area (Å²) in [6.07, 6.45) is 0.581. The molecular weight excluding hydrogens is 430 g/mol. The van der Waals surface area contributed by atoms with E-state index < -0.39 is 29.3 Å². The van der Waals surface area contributed by atoms with Crippen LogP contribution in [0.4, 0.5) is 4.39 Å². The molecule has 1 aliphatic heterocycles. The number of Topliss-reactive ketones (excluding diaryl/α,β-unsaturated/α-hetero) is 1. The van der Waals surface area contributed by atoms with Gasteiger partial charge in [0.2, 0.25) is 0 Å². The molecule has 1 unspecified atom stereocenters. The van der Waals surface area contributed by atoms with Crippen molar-refractivity contribution in [3.8, 4) is 0 Å². The molecule has 1 fully saturated rings. The second-order valence-corrected chi connectivity index (χ2v) is 8.11. The van der Waals surface area contributed by atoms with Crippen LogP contribution in [0.15, 0.2) is 48.0 Å². The zero-order valence-electron chi connectivity index (χ0n) is 16.5. The van der Waals surface area contributed by atoms with Crippen molar-refractivity contribution in [2.75, 3.05) is 27.2 Å². The standard InChI is InChI=1S/C22H21Cl2FN2O3/c1-26(2)10-5-11-27-19(14-6-3-4-7-17(14)25)18(21(29)22(27)30)20(28)13-8-9-15(23)16(24)12-13/h3-4,6-9,12,19,28H,5,10-11H2,1-2H3/b20-18+. The van der Waals surface area contributed by atoms with Gasteiger partial charge in [-0.05, 0) is 51.3 Å². The van der Waals surface area contributed by atoms with Crippen LogP contribution in [-0.2, 0) is 9.59 Å². The number of halogens is 3. The van der Waals surface area contributed by atoms with Crippen LogP contribution in [0, 0.1) is 5.82 Å². The lowest BCUT2D eigenvalue weighted by molar-refractivity contribution is -0.140. The Morgan fingerprint density at radius 1 is 1.13 bits per heavy atom. The molecule has 1 N–H and O–H groups in total. The summed E-state index contributed by atoms with van der Waals surface area (Å²) in [6.45, 7) is 0.916. The monoisotopic (exact) mass is 450 g/mol. The summed E-state index contributed by atoms with van der Waals surface area (Å²) < 4.78 is 14.7. The first-order chi connectivity index (χ1) is 14.2. The van der Waals surface area contributed by atoms with Crippen LogP contribution in [0.1, 0.15) is 23.6 Å². The zero-order chi connectivity index (χ0) is 22.0. The molecule has 0 radical (unpaired) electrons. The summed E-state index contributed by atoms with van der Waals surface area (Å²) in [5.74, 6) is -2.63. The zero-order valence-corrected chi connectivity index (χ0v) is 18.0. The van der Waals surface area contributed by atoms with E-state index in [1.807, 2.05) is 19.0 Å². The maximum atomic E-state index is 14.7. The maximum absolute atomic E-state index is 14.7. The highest BCUT2D eigenvalue weighted by Gasteiger charge is 2.46. The van der Waals surface area contributed by atoms with Gasteiger partial charge in [0, 0.05) is 17.7 Å². The van der Waals surface area contributed by atoms with Crippen LogP contribution >= 0.6 is 23.2 Å². The minimum atomic E-state index is -1.04. The Kier molecular flexibility index (Phi) is 6.81. The summed E-state index contributed by atoms with van der Waals surface area (Å²) >= 11 is 12.0. The molecule has 0 aromatic heterocycles. The van der Waals surface area contributed by atoms with E-state index in [1.165, 1.54) is 41.3 Å². The Hall–Kier alpha value is -2.41. The van der Waals surface area contributed by atoms with E-state index in [1.54, 1.807) is 6.07 Å². The first-order valence-electron chi connectivity index (χ1n) is 9.35. The van der Waals surface area contributed by atoms with Crippen LogP contribution in [0.2, 0.25) is 10.0 Å². The average Bonchev–Trinajstić information content (AvgIpc) is 2.94. The van der Waals surface area contributed by atoms with Gasteiger partial charge in [0.1, 0.15) is 11.6 Å². The van der Waals surface area contributed by atoms with Crippen LogP contribution < -0.4 is 0 Å². The Morgan fingerprint density at radius 3 is 2.47 bits per heavy atom. The van der Waals surface area contributed by atoms with Gasteiger partial charge in [-0.25, -0.2) is 4.39 Å². The average molecular weight is 451 g/mol. The Bertz CT molecular complexity index is 1020. The van der Waals surface area contributed by atoms with Crippen molar-refractivity contribution in [2.45, 2.75) is 12.5 Å². The van der Waals surface area contributed by atoms with Gasteiger partial charge in [-0.1, -0.05) is 41.4 Å². The number of carbonyl (C=O) groups excluding carboxylic acids is 2. The smallest absolute Gasteiger partial charge is 0.295 e. The lowest BCUT2D eigenvalue weighted by Gasteiger charge is -2.26. The summed E-state index contributed by atoms with van der Waals surface area (Å²) in [4.78, 5) is 28.9. The van der Waals surface area contributed by atoms with E-state index in [0.717, 1.165) is 0 Å². The predicted octanol–water partition coefficient (Wildman–Crippen LogP) is 4.51. The molecule has 30 heavy (non-hydrogen) atoms. The molecule has 0 aliphatic carbocycles. The Balaban J connectivity index is 2.13.